The third-order valence-electron chi connectivity index (χ3n) is 2.62. The number of carboxylic acid groups (broad SMARTS) is 1. The first-order valence-corrected chi connectivity index (χ1v) is 6.35. The van der Waals surface area contributed by atoms with E-state index in [2.05, 4.69) is 10.4 Å². The van der Waals surface area contributed by atoms with E-state index in [-0.39, 0.29) is 5.91 Å². The van der Waals surface area contributed by atoms with E-state index in [1.54, 1.807) is 36.1 Å². The first-order valence-electron chi connectivity index (χ1n) is 5.97. The van der Waals surface area contributed by atoms with E-state index in [1.165, 1.54) is 12.1 Å². The van der Waals surface area contributed by atoms with Crippen LogP contribution in [0.5, 0.6) is 0 Å². The van der Waals surface area contributed by atoms with Gasteiger partial charge in [0.2, 0.25) is 0 Å². The second-order valence-electron chi connectivity index (χ2n) is 4.24. The molecule has 0 saturated heterocycles. The van der Waals surface area contributed by atoms with Gasteiger partial charge in [0.1, 0.15) is 0 Å². The molecule has 6 nitrogen and oxygen atoms in total. The molecule has 1 aromatic carbocycles. The maximum atomic E-state index is 12.0. The summed E-state index contributed by atoms with van der Waals surface area (Å²) < 4.78 is 1.57. The van der Waals surface area contributed by atoms with E-state index in [0.29, 0.717) is 22.0 Å². The third kappa shape index (κ3) is 3.93. The average molecular weight is 306 g/mol. The van der Waals surface area contributed by atoms with Crippen molar-refractivity contribution >= 4 is 35.4 Å². The number of amides is 1. The topological polar surface area (TPSA) is 84.2 Å². The van der Waals surface area contributed by atoms with Crippen LogP contribution < -0.4 is 5.32 Å². The van der Waals surface area contributed by atoms with Crippen molar-refractivity contribution in [2.45, 2.75) is 0 Å². The van der Waals surface area contributed by atoms with Crippen molar-refractivity contribution in [3.63, 3.8) is 0 Å². The van der Waals surface area contributed by atoms with Crippen molar-refractivity contribution < 1.29 is 14.7 Å². The van der Waals surface area contributed by atoms with Crippen molar-refractivity contribution in [1.29, 1.82) is 0 Å². The number of hydrogen-bond acceptors (Lipinski definition) is 3. The number of nitrogens with zero attached hydrogens (tertiary/aromatic N) is 2. The fourth-order valence-electron chi connectivity index (χ4n) is 1.63. The quantitative estimate of drug-likeness (QED) is 0.850. The molecule has 21 heavy (non-hydrogen) atoms. The number of benzene rings is 1. The molecule has 2 N–H and O–H groups in total. The maximum absolute atomic E-state index is 12.0. The second kappa shape index (κ2) is 6.23. The standard InChI is InChI=1S/C14H12ClN3O3/c1-18-7-6-12(17-18)16-14(21)10-3-2-9(11(15)8-10)4-5-13(19)20/h2-8H,1H3,(H,19,20)(H,16,17,21)/b5-4+. The molecular weight excluding hydrogens is 294 g/mol. The van der Waals surface area contributed by atoms with Crippen molar-refractivity contribution in [1.82, 2.24) is 9.78 Å². The Morgan fingerprint density at radius 2 is 2.14 bits per heavy atom. The fourth-order valence-corrected chi connectivity index (χ4v) is 1.88. The van der Waals surface area contributed by atoms with Gasteiger partial charge in [0, 0.05) is 36.0 Å². The summed E-state index contributed by atoms with van der Waals surface area (Å²) in [6.07, 6.45) is 4.06. The van der Waals surface area contributed by atoms with Crippen molar-refractivity contribution in [2.24, 2.45) is 7.05 Å². The van der Waals surface area contributed by atoms with E-state index < -0.39 is 5.97 Å². The van der Waals surface area contributed by atoms with Gasteiger partial charge < -0.3 is 10.4 Å². The molecule has 1 heterocycles. The number of halogens is 1. The summed E-state index contributed by atoms with van der Waals surface area (Å²) in [6.45, 7) is 0. The van der Waals surface area contributed by atoms with Crippen LogP contribution in [0.4, 0.5) is 5.82 Å². The molecule has 0 aliphatic carbocycles. The zero-order valence-electron chi connectivity index (χ0n) is 11.1. The summed E-state index contributed by atoms with van der Waals surface area (Å²) >= 11 is 6.02. The highest BCUT2D eigenvalue weighted by molar-refractivity contribution is 6.32. The second-order valence-corrected chi connectivity index (χ2v) is 4.64. The summed E-state index contributed by atoms with van der Waals surface area (Å²) in [5.74, 6) is -0.971. The largest absolute Gasteiger partial charge is 0.478 e. The Morgan fingerprint density at radius 3 is 2.71 bits per heavy atom. The number of aryl methyl sites for hydroxylation is 1. The minimum atomic E-state index is -1.07. The van der Waals surface area contributed by atoms with Crippen LogP contribution in [-0.2, 0) is 11.8 Å². The Bertz CT molecular complexity index is 722. The lowest BCUT2D eigenvalue weighted by atomic mass is 10.1. The summed E-state index contributed by atoms with van der Waals surface area (Å²) in [7, 11) is 1.75. The SMILES string of the molecule is Cn1ccc(NC(=O)c2ccc(/C=C/C(=O)O)c(Cl)c2)n1. The number of anilines is 1. The molecule has 0 bridgehead atoms. The van der Waals surface area contributed by atoms with Crippen LogP contribution in [-0.4, -0.2) is 26.8 Å². The monoisotopic (exact) mass is 305 g/mol. The number of carbonyl (C=O) groups excluding carboxylic acids is 1. The van der Waals surface area contributed by atoms with E-state index in [1.807, 2.05) is 0 Å². The number of nitrogens with one attached hydrogen (secondary N) is 1. The molecule has 1 aromatic heterocycles. The molecule has 7 heteroatoms. The van der Waals surface area contributed by atoms with Gasteiger partial charge in [-0.15, -0.1) is 0 Å². The van der Waals surface area contributed by atoms with Crippen molar-refractivity contribution in [2.75, 3.05) is 5.32 Å². The lowest BCUT2D eigenvalue weighted by molar-refractivity contribution is -0.131. The lowest BCUT2D eigenvalue weighted by Gasteiger charge is -2.04. The van der Waals surface area contributed by atoms with Crippen LogP contribution in [0.15, 0.2) is 36.5 Å². The molecule has 1 amide bonds. The van der Waals surface area contributed by atoms with Gasteiger partial charge in [0.15, 0.2) is 5.82 Å². The zero-order valence-corrected chi connectivity index (χ0v) is 11.8. The number of rotatable bonds is 4. The van der Waals surface area contributed by atoms with Gasteiger partial charge in [0.05, 0.1) is 0 Å². The molecule has 108 valence electrons. The van der Waals surface area contributed by atoms with Crippen molar-refractivity contribution in [3.8, 4) is 0 Å². The number of aromatic nitrogens is 2. The Morgan fingerprint density at radius 1 is 1.38 bits per heavy atom. The Kier molecular flexibility index (Phi) is 4.39. The first kappa shape index (κ1) is 14.8. The van der Waals surface area contributed by atoms with Crippen LogP contribution in [0.1, 0.15) is 15.9 Å². The summed E-state index contributed by atoms with van der Waals surface area (Å²) in [6, 6.07) is 6.28. The van der Waals surface area contributed by atoms with Gasteiger partial charge in [-0.25, -0.2) is 4.79 Å². The van der Waals surface area contributed by atoms with Crippen molar-refractivity contribution in [3.05, 3.63) is 52.7 Å². The number of hydrogen-bond donors (Lipinski definition) is 2. The van der Waals surface area contributed by atoms with Gasteiger partial charge in [-0.1, -0.05) is 17.7 Å². The van der Waals surface area contributed by atoms with Crippen LogP contribution in [0.25, 0.3) is 6.08 Å². The molecule has 0 aliphatic rings. The molecule has 0 unspecified atom stereocenters. The van der Waals surface area contributed by atoms with Crippen LogP contribution in [0.3, 0.4) is 0 Å². The number of carboxylic acids is 1. The minimum absolute atomic E-state index is 0.293. The van der Waals surface area contributed by atoms with Gasteiger partial charge in [-0.05, 0) is 23.8 Å². The third-order valence-corrected chi connectivity index (χ3v) is 2.95. The molecule has 0 spiro atoms. The molecule has 0 radical (unpaired) electrons. The molecular formula is C14H12ClN3O3. The lowest BCUT2D eigenvalue weighted by Crippen LogP contribution is -2.12. The summed E-state index contributed by atoms with van der Waals surface area (Å²) in [5.41, 5.74) is 0.881. The van der Waals surface area contributed by atoms with Crippen LogP contribution in [0, 0.1) is 0 Å². The Labute approximate surface area is 125 Å². The molecule has 0 fully saturated rings. The maximum Gasteiger partial charge on any atom is 0.328 e. The minimum Gasteiger partial charge on any atom is -0.478 e. The van der Waals surface area contributed by atoms with Gasteiger partial charge in [-0.2, -0.15) is 5.10 Å². The van der Waals surface area contributed by atoms with E-state index >= 15 is 0 Å². The van der Waals surface area contributed by atoms with Gasteiger partial charge >= 0.3 is 5.97 Å². The molecule has 2 aromatic rings. The Balaban J connectivity index is 2.15. The smallest absolute Gasteiger partial charge is 0.328 e. The zero-order chi connectivity index (χ0) is 15.4. The number of carbonyl (C=O) groups is 2. The first-order chi connectivity index (χ1) is 9.95. The van der Waals surface area contributed by atoms with Gasteiger partial charge in [-0.3, -0.25) is 9.48 Å². The average Bonchev–Trinajstić information content (AvgIpc) is 2.82. The molecule has 0 saturated carbocycles. The van der Waals surface area contributed by atoms with E-state index in [9.17, 15) is 9.59 Å². The van der Waals surface area contributed by atoms with Crippen LogP contribution in [0.2, 0.25) is 5.02 Å². The highest BCUT2D eigenvalue weighted by atomic mass is 35.5. The number of aliphatic carboxylic acids is 1. The highest BCUT2D eigenvalue weighted by Crippen LogP contribution is 2.20. The molecule has 0 atom stereocenters. The summed E-state index contributed by atoms with van der Waals surface area (Å²) in [4.78, 5) is 22.5. The van der Waals surface area contributed by atoms with Gasteiger partial charge in [0.25, 0.3) is 5.91 Å². The Hall–Kier alpha value is -2.60. The van der Waals surface area contributed by atoms with Crippen LogP contribution >= 0.6 is 11.6 Å². The molecule has 2 rings (SSSR count). The predicted molar refractivity (Wildman–Crippen MR) is 79.3 cm³/mol. The van der Waals surface area contributed by atoms with E-state index in [4.69, 9.17) is 16.7 Å². The fraction of sp³-hybridized carbons (Fsp3) is 0.0714. The van der Waals surface area contributed by atoms with E-state index in [0.717, 1.165) is 6.08 Å². The molecule has 0 aliphatic heterocycles. The highest BCUT2D eigenvalue weighted by Gasteiger charge is 2.09. The normalized spacial score (nSPS) is 10.8. The predicted octanol–water partition coefficient (Wildman–Crippen LogP) is 2.42. The summed E-state index contributed by atoms with van der Waals surface area (Å²) in [5, 5.41) is 15.5.